The molecule has 0 fully saturated rings. The number of aromatic amines is 1. The van der Waals surface area contributed by atoms with Crippen molar-refractivity contribution in [2.24, 2.45) is 0 Å². The van der Waals surface area contributed by atoms with E-state index in [9.17, 15) is 15.0 Å². The highest BCUT2D eigenvalue weighted by atomic mass is 79.9. The predicted octanol–water partition coefficient (Wildman–Crippen LogP) is 1.76. The lowest BCUT2D eigenvalue weighted by molar-refractivity contribution is 0.180. The van der Waals surface area contributed by atoms with Crippen molar-refractivity contribution in [2.75, 3.05) is 7.11 Å². The van der Waals surface area contributed by atoms with E-state index in [-0.39, 0.29) is 29.5 Å². The largest absolute Gasteiger partial charge is 0.504 e. The second kappa shape index (κ2) is 5.41. The standard InChI is InChI=1S/C12H11BrN2O4/c1-19-5-7-10(13)12(18)15-11(14-7)6-2-3-8(16)9(17)4-6/h2-4,16-17H,5H2,1H3,(H,14,15,18). The Morgan fingerprint density at radius 1 is 1.37 bits per heavy atom. The number of halogens is 1. The van der Waals surface area contributed by atoms with Crippen LogP contribution in [-0.4, -0.2) is 27.3 Å². The van der Waals surface area contributed by atoms with Crippen LogP contribution in [0.5, 0.6) is 11.5 Å². The van der Waals surface area contributed by atoms with Crippen LogP contribution in [0.1, 0.15) is 5.69 Å². The molecule has 0 spiro atoms. The average Bonchev–Trinajstić information content (AvgIpc) is 2.38. The van der Waals surface area contributed by atoms with E-state index in [0.717, 1.165) is 0 Å². The third-order valence-corrected chi connectivity index (χ3v) is 3.28. The summed E-state index contributed by atoms with van der Waals surface area (Å²) >= 11 is 3.14. The van der Waals surface area contributed by atoms with Crippen molar-refractivity contribution in [2.45, 2.75) is 6.61 Å². The van der Waals surface area contributed by atoms with Crippen molar-refractivity contribution < 1.29 is 14.9 Å². The molecule has 2 rings (SSSR count). The molecule has 0 aliphatic carbocycles. The topological polar surface area (TPSA) is 95.4 Å². The van der Waals surface area contributed by atoms with Gasteiger partial charge in [-0.3, -0.25) is 4.79 Å². The minimum Gasteiger partial charge on any atom is -0.504 e. The van der Waals surface area contributed by atoms with Gasteiger partial charge in [0, 0.05) is 12.7 Å². The van der Waals surface area contributed by atoms with Gasteiger partial charge >= 0.3 is 0 Å². The number of H-pyrrole nitrogens is 1. The lowest BCUT2D eigenvalue weighted by atomic mass is 10.2. The molecule has 0 amide bonds. The van der Waals surface area contributed by atoms with Crippen LogP contribution >= 0.6 is 15.9 Å². The van der Waals surface area contributed by atoms with Crippen molar-refractivity contribution in [1.82, 2.24) is 9.97 Å². The highest BCUT2D eigenvalue weighted by molar-refractivity contribution is 9.10. The first-order chi connectivity index (χ1) is 9.02. The van der Waals surface area contributed by atoms with Crippen LogP contribution in [0.4, 0.5) is 0 Å². The fourth-order valence-electron chi connectivity index (χ4n) is 1.55. The maximum absolute atomic E-state index is 11.8. The Kier molecular flexibility index (Phi) is 3.87. The molecule has 0 atom stereocenters. The summed E-state index contributed by atoms with van der Waals surface area (Å²) in [5.41, 5.74) is 0.593. The summed E-state index contributed by atoms with van der Waals surface area (Å²) in [5.74, 6) is -0.229. The zero-order valence-electron chi connectivity index (χ0n) is 9.98. The van der Waals surface area contributed by atoms with Crippen molar-refractivity contribution in [3.8, 4) is 22.9 Å². The van der Waals surface area contributed by atoms with Crippen LogP contribution in [0.25, 0.3) is 11.4 Å². The molecule has 6 nitrogen and oxygen atoms in total. The van der Waals surface area contributed by atoms with Crippen LogP contribution in [0.15, 0.2) is 27.5 Å². The molecule has 0 radical (unpaired) electrons. The first kappa shape index (κ1) is 13.6. The quantitative estimate of drug-likeness (QED) is 0.747. The van der Waals surface area contributed by atoms with E-state index in [1.54, 1.807) is 0 Å². The van der Waals surface area contributed by atoms with Crippen LogP contribution < -0.4 is 5.56 Å². The van der Waals surface area contributed by atoms with Gasteiger partial charge in [-0.2, -0.15) is 0 Å². The Labute approximate surface area is 116 Å². The number of hydrogen-bond donors (Lipinski definition) is 3. The van der Waals surface area contributed by atoms with Gasteiger partial charge in [0.2, 0.25) is 0 Å². The molecule has 1 aromatic heterocycles. The summed E-state index contributed by atoms with van der Waals surface area (Å²) in [7, 11) is 1.50. The molecular weight excluding hydrogens is 316 g/mol. The first-order valence-corrected chi connectivity index (χ1v) is 6.12. The maximum atomic E-state index is 11.8. The normalized spacial score (nSPS) is 10.6. The van der Waals surface area contributed by atoms with Gasteiger partial charge in [-0.1, -0.05) is 0 Å². The molecule has 0 aliphatic heterocycles. The number of rotatable bonds is 3. The van der Waals surface area contributed by atoms with E-state index in [4.69, 9.17) is 4.74 Å². The highest BCUT2D eigenvalue weighted by Gasteiger charge is 2.11. The Morgan fingerprint density at radius 3 is 2.74 bits per heavy atom. The second-order valence-corrected chi connectivity index (χ2v) is 4.60. The monoisotopic (exact) mass is 326 g/mol. The van der Waals surface area contributed by atoms with Crippen molar-refractivity contribution in [3.05, 3.63) is 38.7 Å². The zero-order valence-corrected chi connectivity index (χ0v) is 11.6. The van der Waals surface area contributed by atoms with Crippen LogP contribution in [0.2, 0.25) is 0 Å². The van der Waals surface area contributed by atoms with Gasteiger partial charge in [0.05, 0.1) is 12.3 Å². The maximum Gasteiger partial charge on any atom is 0.265 e. The van der Waals surface area contributed by atoms with Crippen molar-refractivity contribution in [3.63, 3.8) is 0 Å². The average molecular weight is 327 g/mol. The van der Waals surface area contributed by atoms with E-state index < -0.39 is 0 Å². The van der Waals surface area contributed by atoms with Crippen molar-refractivity contribution in [1.29, 1.82) is 0 Å². The molecule has 19 heavy (non-hydrogen) atoms. The number of nitrogens with zero attached hydrogens (tertiary/aromatic N) is 1. The molecular formula is C12H11BrN2O4. The molecule has 1 aromatic carbocycles. The van der Waals surface area contributed by atoms with Crippen molar-refractivity contribution >= 4 is 15.9 Å². The van der Waals surface area contributed by atoms with Crippen LogP contribution in [0, 0.1) is 0 Å². The summed E-state index contributed by atoms with van der Waals surface area (Å²) < 4.78 is 5.27. The predicted molar refractivity (Wildman–Crippen MR) is 72.0 cm³/mol. The van der Waals surface area contributed by atoms with Crippen LogP contribution in [0.3, 0.4) is 0 Å². The Bertz CT molecular complexity index is 669. The molecule has 1 heterocycles. The minimum atomic E-state index is -0.343. The summed E-state index contributed by atoms with van der Waals surface area (Å²) in [4.78, 5) is 18.6. The molecule has 100 valence electrons. The van der Waals surface area contributed by atoms with E-state index in [2.05, 4.69) is 25.9 Å². The number of aromatic hydroxyl groups is 2. The van der Waals surface area contributed by atoms with Gasteiger partial charge in [0.25, 0.3) is 5.56 Å². The van der Waals surface area contributed by atoms with Gasteiger partial charge in [-0.15, -0.1) is 0 Å². The molecule has 7 heteroatoms. The van der Waals surface area contributed by atoms with E-state index in [1.165, 1.54) is 25.3 Å². The molecule has 0 saturated heterocycles. The van der Waals surface area contributed by atoms with Gasteiger partial charge in [-0.25, -0.2) is 4.98 Å². The third kappa shape index (κ3) is 2.77. The first-order valence-electron chi connectivity index (χ1n) is 5.33. The zero-order chi connectivity index (χ0) is 14.0. The number of hydrogen-bond acceptors (Lipinski definition) is 5. The summed E-state index contributed by atoms with van der Waals surface area (Å²) in [6.07, 6.45) is 0. The Morgan fingerprint density at radius 2 is 2.11 bits per heavy atom. The van der Waals surface area contributed by atoms with E-state index >= 15 is 0 Å². The third-order valence-electron chi connectivity index (χ3n) is 2.46. The summed E-state index contributed by atoms with van der Waals surface area (Å²) in [5, 5.41) is 18.7. The SMILES string of the molecule is COCc1nc(-c2ccc(O)c(O)c2)[nH]c(=O)c1Br. The van der Waals surface area contributed by atoms with Gasteiger partial charge in [0.15, 0.2) is 11.5 Å². The molecule has 0 saturated carbocycles. The number of phenols is 2. The number of benzene rings is 1. The van der Waals surface area contributed by atoms with Gasteiger partial charge in [0.1, 0.15) is 10.3 Å². The van der Waals surface area contributed by atoms with Crippen LogP contribution in [-0.2, 0) is 11.3 Å². The number of nitrogens with one attached hydrogen (secondary N) is 1. The molecule has 0 aliphatic rings. The number of methoxy groups -OCH3 is 1. The van der Waals surface area contributed by atoms with Gasteiger partial charge in [-0.05, 0) is 34.1 Å². The molecule has 3 N–H and O–H groups in total. The molecule has 0 unspecified atom stereocenters. The highest BCUT2D eigenvalue weighted by Crippen LogP contribution is 2.29. The fourth-order valence-corrected chi connectivity index (χ4v) is 1.85. The fraction of sp³-hybridized carbons (Fsp3) is 0.167. The summed E-state index contributed by atoms with van der Waals surface area (Å²) in [6, 6.07) is 4.18. The van der Waals surface area contributed by atoms with E-state index in [0.29, 0.717) is 15.7 Å². The smallest absolute Gasteiger partial charge is 0.265 e. The Hall–Kier alpha value is -1.86. The number of phenolic OH excluding ortho intramolecular Hbond substituents is 2. The van der Waals surface area contributed by atoms with Gasteiger partial charge < -0.3 is 19.9 Å². The molecule has 0 bridgehead atoms. The number of ether oxygens (including phenoxy) is 1. The second-order valence-electron chi connectivity index (χ2n) is 3.81. The van der Waals surface area contributed by atoms with E-state index in [1.807, 2.05) is 0 Å². The minimum absolute atomic E-state index is 0.182. The number of aromatic nitrogens is 2. The molecule has 2 aromatic rings. The Balaban J connectivity index is 2.56. The summed E-state index contributed by atoms with van der Waals surface area (Å²) in [6.45, 7) is 0.182. The lowest BCUT2D eigenvalue weighted by Gasteiger charge is -2.07. The lowest BCUT2D eigenvalue weighted by Crippen LogP contribution is -2.14.